The van der Waals surface area contributed by atoms with E-state index >= 15 is 0 Å². The Kier molecular flexibility index (Phi) is 3.20. The Hall–Kier alpha value is -2.26. The van der Waals surface area contributed by atoms with E-state index in [2.05, 4.69) is 0 Å². The number of halogens is 1. The highest BCUT2D eigenvalue weighted by atomic mass is 35.5. The fourth-order valence-electron chi connectivity index (χ4n) is 2.42. The Morgan fingerprint density at radius 1 is 1.10 bits per heavy atom. The standard InChI is InChI=1S/C16H13ClN2O/c17-12-7-5-11(6-8-12)9-19-15-4-2-1-3-13(15)14(10-20)16(19)18/h1-8,10H,9,18H2. The number of para-hydroxylation sites is 1. The van der Waals surface area contributed by atoms with Gasteiger partial charge in [-0.3, -0.25) is 4.79 Å². The molecule has 0 atom stereocenters. The van der Waals surface area contributed by atoms with E-state index in [-0.39, 0.29) is 0 Å². The van der Waals surface area contributed by atoms with E-state index in [9.17, 15) is 4.79 Å². The molecule has 0 unspecified atom stereocenters. The lowest BCUT2D eigenvalue weighted by atomic mass is 10.2. The summed E-state index contributed by atoms with van der Waals surface area (Å²) in [5.41, 5.74) is 8.70. The van der Waals surface area contributed by atoms with Crippen LogP contribution in [0.25, 0.3) is 10.9 Å². The van der Waals surface area contributed by atoms with Crippen molar-refractivity contribution < 1.29 is 4.79 Å². The SMILES string of the molecule is Nc1c(C=O)c2ccccc2n1Cc1ccc(Cl)cc1. The highest BCUT2D eigenvalue weighted by Gasteiger charge is 2.13. The zero-order chi connectivity index (χ0) is 14.1. The number of nitrogens with zero attached hydrogens (tertiary/aromatic N) is 1. The summed E-state index contributed by atoms with van der Waals surface area (Å²) in [6.45, 7) is 0.608. The molecule has 0 aliphatic heterocycles. The predicted octanol–water partition coefficient (Wildman–Crippen LogP) is 3.74. The van der Waals surface area contributed by atoms with Gasteiger partial charge < -0.3 is 10.3 Å². The van der Waals surface area contributed by atoms with E-state index in [0.29, 0.717) is 22.9 Å². The minimum absolute atomic E-state index is 0.496. The third-order valence-electron chi connectivity index (χ3n) is 3.42. The van der Waals surface area contributed by atoms with Gasteiger partial charge >= 0.3 is 0 Å². The van der Waals surface area contributed by atoms with Crippen LogP contribution in [0.4, 0.5) is 5.82 Å². The summed E-state index contributed by atoms with van der Waals surface area (Å²) in [5, 5.41) is 1.58. The maximum atomic E-state index is 11.2. The van der Waals surface area contributed by atoms with E-state index in [1.54, 1.807) is 0 Å². The molecule has 1 aromatic heterocycles. The maximum absolute atomic E-state index is 11.2. The first-order chi connectivity index (χ1) is 9.70. The summed E-state index contributed by atoms with van der Waals surface area (Å²) in [4.78, 5) is 11.2. The second kappa shape index (κ2) is 5.02. The normalized spacial score (nSPS) is 10.8. The van der Waals surface area contributed by atoms with Crippen molar-refractivity contribution in [1.29, 1.82) is 0 Å². The number of fused-ring (bicyclic) bond motifs is 1. The van der Waals surface area contributed by atoms with Crippen LogP contribution in [-0.4, -0.2) is 10.9 Å². The van der Waals surface area contributed by atoms with Crippen LogP contribution in [0.15, 0.2) is 48.5 Å². The first-order valence-electron chi connectivity index (χ1n) is 6.27. The third-order valence-corrected chi connectivity index (χ3v) is 3.68. The first kappa shape index (κ1) is 12.8. The van der Waals surface area contributed by atoms with Crippen molar-refractivity contribution in [3.63, 3.8) is 0 Å². The molecule has 0 radical (unpaired) electrons. The van der Waals surface area contributed by atoms with Gasteiger partial charge in [-0.2, -0.15) is 0 Å². The molecule has 0 fully saturated rings. The number of carbonyl (C=O) groups is 1. The smallest absolute Gasteiger partial charge is 0.154 e. The van der Waals surface area contributed by atoms with Crippen molar-refractivity contribution in [2.45, 2.75) is 6.54 Å². The summed E-state index contributed by atoms with van der Waals surface area (Å²) in [5.74, 6) is 0.496. The Morgan fingerprint density at radius 3 is 2.50 bits per heavy atom. The number of benzene rings is 2. The number of nitrogen functional groups attached to an aromatic ring is 1. The lowest BCUT2D eigenvalue weighted by molar-refractivity contribution is 0.112. The Morgan fingerprint density at radius 2 is 1.80 bits per heavy atom. The monoisotopic (exact) mass is 284 g/mol. The van der Waals surface area contributed by atoms with E-state index in [0.717, 1.165) is 22.8 Å². The van der Waals surface area contributed by atoms with Gasteiger partial charge in [0.1, 0.15) is 5.82 Å². The lowest BCUT2D eigenvalue weighted by Crippen LogP contribution is -2.04. The van der Waals surface area contributed by atoms with E-state index < -0.39 is 0 Å². The largest absolute Gasteiger partial charge is 0.384 e. The van der Waals surface area contributed by atoms with Crippen molar-refractivity contribution in [3.05, 3.63) is 64.7 Å². The van der Waals surface area contributed by atoms with Crippen LogP contribution in [0.1, 0.15) is 15.9 Å². The molecule has 4 heteroatoms. The van der Waals surface area contributed by atoms with Gasteiger partial charge in [-0.25, -0.2) is 0 Å². The number of carbonyl (C=O) groups excluding carboxylic acids is 1. The number of nitrogens with two attached hydrogens (primary N) is 1. The molecule has 1 heterocycles. The molecule has 3 aromatic rings. The molecule has 0 saturated heterocycles. The molecule has 2 N–H and O–H groups in total. The van der Waals surface area contributed by atoms with Crippen LogP contribution in [0.5, 0.6) is 0 Å². The van der Waals surface area contributed by atoms with Crippen molar-refractivity contribution in [2.75, 3.05) is 5.73 Å². The fraction of sp³-hybridized carbons (Fsp3) is 0.0625. The number of anilines is 1. The molecule has 2 aromatic carbocycles. The average molecular weight is 285 g/mol. The third kappa shape index (κ3) is 2.06. The van der Waals surface area contributed by atoms with Crippen LogP contribution >= 0.6 is 11.6 Å². The molecule has 3 nitrogen and oxygen atoms in total. The quantitative estimate of drug-likeness (QED) is 0.745. The van der Waals surface area contributed by atoms with Gasteiger partial charge in [-0.15, -0.1) is 0 Å². The molecule has 0 spiro atoms. The van der Waals surface area contributed by atoms with Gasteiger partial charge in [0.2, 0.25) is 0 Å². The van der Waals surface area contributed by atoms with Crippen LogP contribution in [0.2, 0.25) is 5.02 Å². The lowest BCUT2D eigenvalue weighted by Gasteiger charge is -2.08. The van der Waals surface area contributed by atoms with Crippen molar-refractivity contribution in [3.8, 4) is 0 Å². The molecule has 0 aliphatic rings. The summed E-state index contributed by atoms with van der Waals surface area (Å²) < 4.78 is 1.95. The molecule has 0 saturated carbocycles. The van der Waals surface area contributed by atoms with Gasteiger partial charge in [0.15, 0.2) is 6.29 Å². The van der Waals surface area contributed by atoms with Crippen LogP contribution in [0, 0.1) is 0 Å². The molecular formula is C16H13ClN2O. The van der Waals surface area contributed by atoms with E-state index in [1.807, 2.05) is 53.1 Å². The number of hydrogen-bond acceptors (Lipinski definition) is 2. The highest BCUT2D eigenvalue weighted by molar-refractivity contribution is 6.30. The number of rotatable bonds is 3. The van der Waals surface area contributed by atoms with Gasteiger partial charge in [0, 0.05) is 17.0 Å². The minimum atomic E-state index is 0.496. The van der Waals surface area contributed by atoms with Crippen molar-refractivity contribution in [2.24, 2.45) is 0 Å². The van der Waals surface area contributed by atoms with Crippen molar-refractivity contribution >= 4 is 34.6 Å². The van der Waals surface area contributed by atoms with E-state index in [1.165, 1.54) is 0 Å². The number of hydrogen-bond donors (Lipinski definition) is 1. The second-order valence-electron chi connectivity index (χ2n) is 4.65. The summed E-state index contributed by atoms with van der Waals surface area (Å²) in [7, 11) is 0. The van der Waals surface area contributed by atoms with Gasteiger partial charge in [0.05, 0.1) is 11.1 Å². The van der Waals surface area contributed by atoms with Crippen molar-refractivity contribution in [1.82, 2.24) is 4.57 Å². The first-order valence-corrected chi connectivity index (χ1v) is 6.65. The molecule has 100 valence electrons. The van der Waals surface area contributed by atoms with Gasteiger partial charge in [0.25, 0.3) is 0 Å². The molecule has 20 heavy (non-hydrogen) atoms. The average Bonchev–Trinajstić information content (AvgIpc) is 2.74. The van der Waals surface area contributed by atoms with Crippen LogP contribution in [0.3, 0.4) is 0 Å². The Labute approximate surface area is 121 Å². The molecule has 3 rings (SSSR count). The summed E-state index contributed by atoms with van der Waals surface area (Å²) in [6.07, 6.45) is 0.816. The van der Waals surface area contributed by atoms with Gasteiger partial charge in [-0.05, 0) is 23.8 Å². The molecule has 0 amide bonds. The summed E-state index contributed by atoms with van der Waals surface area (Å²) in [6, 6.07) is 15.3. The fourth-order valence-corrected chi connectivity index (χ4v) is 2.54. The minimum Gasteiger partial charge on any atom is -0.384 e. The van der Waals surface area contributed by atoms with Crippen LogP contribution in [-0.2, 0) is 6.54 Å². The topological polar surface area (TPSA) is 48.0 Å². The second-order valence-corrected chi connectivity index (χ2v) is 5.08. The Bertz CT molecular complexity index is 775. The Balaban J connectivity index is 2.13. The van der Waals surface area contributed by atoms with E-state index in [4.69, 9.17) is 17.3 Å². The van der Waals surface area contributed by atoms with Crippen LogP contribution < -0.4 is 5.73 Å². The molecule has 0 bridgehead atoms. The summed E-state index contributed by atoms with van der Waals surface area (Å²) >= 11 is 5.89. The predicted molar refractivity (Wildman–Crippen MR) is 82.3 cm³/mol. The zero-order valence-corrected chi connectivity index (χ0v) is 11.5. The number of aldehydes is 1. The number of aromatic nitrogens is 1. The van der Waals surface area contributed by atoms with Gasteiger partial charge in [-0.1, -0.05) is 41.9 Å². The highest BCUT2D eigenvalue weighted by Crippen LogP contribution is 2.27. The molecule has 0 aliphatic carbocycles. The maximum Gasteiger partial charge on any atom is 0.154 e. The molecular weight excluding hydrogens is 272 g/mol. The zero-order valence-electron chi connectivity index (χ0n) is 10.7.